The van der Waals surface area contributed by atoms with Gasteiger partial charge in [0.1, 0.15) is 0 Å². The maximum Gasteiger partial charge on any atom is 0.279 e. The number of hydrogen-bond donors (Lipinski definition) is 1. The van der Waals surface area contributed by atoms with Crippen LogP contribution in [0.5, 0.6) is 0 Å². The molecule has 1 fully saturated rings. The second kappa shape index (κ2) is 6.68. The van der Waals surface area contributed by atoms with Crippen molar-refractivity contribution in [1.82, 2.24) is 14.9 Å². The van der Waals surface area contributed by atoms with E-state index in [-0.39, 0.29) is 5.91 Å². The highest BCUT2D eigenvalue weighted by Crippen LogP contribution is 2.23. The number of rotatable bonds is 4. The number of nitrogens with zero attached hydrogens (tertiary/aromatic N) is 3. The topological polar surface area (TPSA) is 82.2 Å². The minimum Gasteiger partial charge on any atom is -0.381 e. The van der Waals surface area contributed by atoms with Crippen molar-refractivity contribution in [3.63, 3.8) is 0 Å². The van der Waals surface area contributed by atoms with Crippen LogP contribution in [0.2, 0.25) is 0 Å². The quantitative estimate of drug-likeness (QED) is 0.789. The van der Waals surface area contributed by atoms with E-state index in [1.165, 1.54) is 0 Å². The van der Waals surface area contributed by atoms with Gasteiger partial charge in [-0.1, -0.05) is 23.4 Å². The molecule has 0 atom stereocenters. The van der Waals surface area contributed by atoms with Gasteiger partial charge in [0.05, 0.1) is 11.2 Å². The van der Waals surface area contributed by atoms with Gasteiger partial charge in [-0.2, -0.15) is 5.10 Å². The van der Waals surface area contributed by atoms with Crippen LogP contribution in [0.25, 0.3) is 10.9 Å². The fraction of sp³-hybridized carbons (Fsp3) is 0.389. The second-order valence-electron chi connectivity index (χ2n) is 6.39. The van der Waals surface area contributed by atoms with E-state index in [1.807, 2.05) is 28.9 Å². The number of carbonyl (C=O) groups excluding carboxylic acids is 1. The Labute approximate surface area is 144 Å². The lowest BCUT2D eigenvalue weighted by molar-refractivity contribution is 0.0605. The minimum atomic E-state index is -0.293. The number of amides is 1. The molecule has 4 rings (SSSR count). The SMILES string of the molecule is Cc1cc(NC(=O)c2nn(CC3CCOCC3)c3ccccc23)on1. The van der Waals surface area contributed by atoms with E-state index >= 15 is 0 Å². The molecule has 1 aliphatic rings. The summed E-state index contributed by atoms with van der Waals surface area (Å²) in [6.07, 6.45) is 2.04. The molecule has 0 saturated carbocycles. The number of carbonyl (C=O) groups is 1. The summed E-state index contributed by atoms with van der Waals surface area (Å²) in [5.74, 6) is 0.550. The van der Waals surface area contributed by atoms with Crippen LogP contribution in [-0.4, -0.2) is 34.1 Å². The molecule has 7 nitrogen and oxygen atoms in total. The first-order chi connectivity index (χ1) is 12.2. The molecule has 3 heterocycles. The fourth-order valence-corrected chi connectivity index (χ4v) is 3.20. The maximum atomic E-state index is 12.6. The number of para-hydroxylation sites is 1. The van der Waals surface area contributed by atoms with Gasteiger partial charge in [0.2, 0.25) is 5.88 Å². The molecule has 1 amide bonds. The third kappa shape index (κ3) is 3.28. The van der Waals surface area contributed by atoms with E-state index in [0.717, 1.165) is 43.5 Å². The highest BCUT2D eigenvalue weighted by atomic mass is 16.5. The van der Waals surface area contributed by atoms with E-state index in [9.17, 15) is 4.79 Å². The summed E-state index contributed by atoms with van der Waals surface area (Å²) in [6, 6.07) is 9.48. The Kier molecular flexibility index (Phi) is 4.23. The molecule has 1 saturated heterocycles. The van der Waals surface area contributed by atoms with Crippen LogP contribution in [0.1, 0.15) is 29.0 Å². The molecule has 2 aromatic heterocycles. The van der Waals surface area contributed by atoms with Crippen LogP contribution >= 0.6 is 0 Å². The Morgan fingerprint density at radius 1 is 1.32 bits per heavy atom. The smallest absolute Gasteiger partial charge is 0.279 e. The van der Waals surface area contributed by atoms with Crippen LogP contribution in [-0.2, 0) is 11.3 Å². The van der Waals surface area contributed by atoms with E-state index in [4.69, 9.17) is 9.26 Å². The predicted octanol–water partition coefficient (Wildman–Crippen LogP) is 3.01. The Morgan fingerprint density at radius 3 is 2.88 bits per heavy atom. The molecule has 25 heavy (non-hydrogen) atoms. The van der Waals surface area contributed by atoms with Crippen molar-refractivity contribution in [2.45, 2.75) is 26.3 Å². The average molecular weight is 340 g/mol. The highest BCUT2D eigenvalue weighted by Gasteiger charge is 2.21. The predicted molar refractivity (Wildman–Crippen MR) is 92.5 cm³/mol. The Morgan fingerprint density at radius 2 is 2.12 bits per heavy atom. The lowest BCUT2D eigenvalue weighted by Gasteiger charge is -2.22. The van der Waals surface area contributed by atoms with Gasteiger partial charge in [0.15, 0.2) is 5.69 Å². The van der Waals surface area contributed by atoms with E-state index < -0.39 is 0 Å². The second-order valence-corrected chi connectivity index (χ2v) is 6.39. The Balaban J connectivity index is 1.63. The van der Waals surface area contributed by atoms with Gasteiger partial charge in [-0.3, -0.25) is 14.8 Å². The molecule has 0 bridgehead atoms. The standard InChI is InChI=1S/C18H20N4O3/c1-12-10-16(25-21-12)19-18(23)17-14-4-2-3-5-15(14)22(20-17)11-13-6-8-24-9-7-13/h2-5,10,13H,6-9,11H2,1H3,(H,19,23). The molecule has 0 unspecified atom stereocenters. The summed E-state index contributed by atoms with van der Waals surface area (Å²) < 4.78 is 12.4. The van der Waals surface area contributed by atoms with Crippen molar-refractivity contribution < 1.29 is 14.1 Å². The summed E-state index contributed by atoms with van der Waals surface area (Å²) in [5, 5.41) is 11.9. The largest absolute Gasteiger partial charge is 0.381 e. The zero-order valence-corrected chi connectivity index (χ0v) is 14.1. The van der Waals surface area contributed by atoms with Crippen LogP contribution in [0.4, 0.5) is 5.88 Å². The molecule has 1 aromatic carbocycles. The van der Waals surface area contributed by atoms with E-state index in [1.54, 1.807) is 13.0 Å². The van der Waals surface area contributed by atoms with Crippen LogP contribution in [0.3, 0.4) is 0 Å². The van der Waals surface area contributed by atoms with Crippen LogP contribution < -0.4 is 5.32 Å². The fourth-order valence-electron chi connectivity index (χ4n) is 3.20. The zero-order chi connectivity index (χ0) is 17.2. The first-order valence-electron chi connectivity index (χ1n) is 8.48. The van der Waals surface area contributed by atoms with Gasteiger partial charge in [0, 0.05) is 31.2 Å². The number of hydrogen-bond acceptors (Lipinski definition) is 5. The van der Waals surface area contributed by atoms with Crippen molar-refractivity contribution in [2.24, 2.45) is 5.92 Å². The monoisotopic (exact) mass is 340 g/mol. The molecule has 1 aliphatic heterocycles. The number of ether oxygens (including phenoxy) is 1. The van der Waals surface area contributed by atoms with Crippen molar-refractivity contribution >= 4 is 22.7 Å². The van der Waals surface area contributed by atoms with Gasteiger partial charge >= 0.3 is 0 Å². The van der Waals surface area contributed by atoms with Gasteiger partial charge in [-0.25, -0.2) is 0 Å². The first-order valence-corrected chi connectivity index (χ1v) is 8.48. The molecule has 7 heteroatoms. The first kappa shape index (κ1) is 15.8. The third-order valence-electron chi connectivity index (χ3n) is 4.51. The van der Waals surface area contributed by atoms with Crippen LogP contribution in [0, 0.1) is 12.8 Å². The number of fused-ring (bicyclic) bond motifs is 1. The summed E-state index contributed by atoms with van der Waals surface area (Å²) in [7, 11) is 0. The molecule has 0 aliphatic carbocycles. The normalized spacial score (nSPS) is 15.6. The number of benzene rings is 1. The average Bonchev–Trinajstić information content (AvgIpc) is 3.20. The molecule has 1 N–H and O–H groups in total. The zero-order valence-electron chi connectivity index (χ0n) is 14.1. The molecule has 130 valence electrons. The summed E-state index contributed by atoms with van der Waals surface area (Å²) >= 11 is 0. The minimum absolute atomic E-state index is 0.293. The van der Waals surface area contributed by atoms with Gasteiger partial charge in [-0.05, 0) is 31.7 Å². The molecular formula is C18H20N4O3. The van der Waals surface area contributed by atoms with Crippen molar-refractivity contribution in [3.05, 3.63) is 41.7 Å². The lowest BCUT2D eigenvalue weighted by atomic mass is 10.0. The highest BCUT2D eigenvalue weighted by molar-refractivity contribution is 6.10. The third-order valence-corrected chi connectivity index (χ3v) is 4.51. The Hall–Kier alpha value is -2.67. The number of aromatic nitrogens is 3. The summed E-state index contributed by atoms with van der Waals surface area (Å²) in [4.78, 5) is 12.6. The summed E-state index contributed by atoms with van der Waals surface area (Å²) in [5.41, 5.74) is 2.08. The van der Waals surface area contributed by atoms with E-state index in [0.29, 0.717) is 23.2 Å². The van der Waals surface area contributed by atoms with Gasteiger partial charge < -0.3 is 9.26 Å². The molecular weight excluding hydrogens is 320 g/mol. The van der Waals surface area contributed by atoms with Crippen molar-refractivity contribution in [1.29, 1.82) is 0 Å². The van der Waals surface area contributed by atoms with Crippen molar-refractivity contribution in [2.75, 3.05) is 18.5 Å². The lowest BCUT2D eigenvalue weighted by Crippen LogP contribution is -2.21. The molecule has 0 spiro atoms. The van der Waals surface area contributed by atoms with Gasteiger partial charge in [-0.15, -0.1) is 0 Å². The maximum absolute atomic E-state index is 12.6. The number of aryl methyl sites for hydroxylation is 1. The van der Waals surface area contributed by atoms with Gasteiger partial charge in [0.25, 0.3) is 5.91 Å². The van der Waals surface area contributed by atoms with E-state index in [2.05, 4.69) is 15.6 Å². The van der Waals surface area contributed by atoms with Crippen LogP contribution in [0.15, 0.2) is 34.9 Å². The number of nitrogens with one attached hydrogen (secondary N) is 1. The molecule has 0 radical (unpaired) electrons. The Bertz CT molecular complexity index is 893. The summed E-state index contributed by atoms with van der Waals surface area (Å²) in [6.45, 7) is 4.18. The number of anilines is 1. The molecule has 3 aromatic rings. The van der Waals surface area contributed by atoms with Crippen molar-refractivity contribution in [3.8, 4) is 0 Å².